The molecule has 0 aromatic rings. The summed E-state index contributed by atoms with van der Waals surface area (Å²) in [6.45, 7) is 14.1. The minimum atomic E-state index is 0. The fourth-order valence-electron chi connectivity index (χ4n) is 2.04. The Morgan fingerprint density at radius 2 is 1.89 bits per heavy atom. The van der Waals surface area contributed by atoms with Crippen LogP contribution in [0.1, 0.15) is 40.5 Å². The number of aliphatic imine (C=N–C) groups is 1. The summed E-state index contributed by atoms with van der Waals surface area (Å²) in [6.07, 6.45) is 2.42. The molecule has 114 valence electrons. The Morgan fingerprint density at radius 1 is 1.26 bits per heavy atom. The first kappa shape index (κ1) is 19.0. The first-order chi connectivity index (χ1) is 8.71. The normalized spacial score (nSPS) is 22.1. The van der Waals surface area contributed by atoms with E-state index in [1.165, 1.54) is 6.42 Å². The van der Waals surface area contributed by atoms with Crippen molar-refractivity contribution >= 4 is 29.9 Å². The fraction of sp³-hybridized carbons (Fsp3) is 0.929. The van der Waals surface area contributed by atoms with Gasteiger partial charge in [0, 0.05) is 19.1 Å². The van der Waals surface area contributed by atoms with E-state index < -0.39 is 0 Å². The van der Waals surface area contributed by atoms with Gasteiger partial charge in [-0.1, -0.05) is 20.8 Å². The van der Waals surface area contributed by atoms with Gasteiger partial charge in [0.15, 0.2) is 5.96 Å². The second-order valence-electron chi connectivity index (χ2n) is 5.10. The molecule has 0 heterocycles. The van der Waals surface area contributed by atoms with E-state index in [1.54, 1.807) is 0 Å². The zero-order valence-electron chi connectivity index (χ0n) is 12.9. The van der Waals surface area contributed by atoms with Crippen molar-refractivity contribution in [3.05, 3.63) is 0 Å². The standard InChI is InChI=1S/C14H30N4.HI/c1-5-15-14(17-13-11-12(13)4)16-9-8-10-18(6-2)7-3;/h12-13H,5-11H2,1-4H3,(H2,15,16,17);1H. The lowest BCUT2D eigenvalue weighted by atomic mass is 10.4. The summed E-state index contributed by atoms with van der Waals surface area (Å²) in [7, 11) is 0. The minimum absolute atomic E-state index is 0. The molecule has 1 saturated carbocycles. The van der Waals surface area contributed by atoms with E-state index in [0.717, 1.165) is 51.0 Å². The largest absolute Gasteiger partial charge is 0.357 e. The molecule has 0 bridgehead atoms. The SMILES string of the molecule is CCNC(=NCCCN(CC)CC)NC1CC1C.I. The van der Waals surface area contributed by atoms with E-state index in [9.17, 15) is 0 Å². The van der Waals surface area contributed by atoms with Crippen molar-refractivity contribution in [1.82, 2.24) is 15.5 Å². The molecular weight excluding hydrogens is 351 g/mol. The van der Waals surface area contributed by atoms with E-state index in [4.69, 9.17) is 0 Å². The molecule has 5 heteroatoms. The molecule has 0 aliphatic heterocycles. The molecule has 0 spiro atoms. The van der Waals surface area contributed by atoms with Gasteiger partial charge in [-0.25, -0.2) is 0 Å². The molecule has 2 atom stereocenters. The lowest BCUT2D eigenvalue weighted by molar-refractivity contribution is 0.302. The van der Waals surface area contributed by atoms with Crippen molar-refractivity contribution in [3.63, 3.8) is 0 Å². The van der Waals surface area contributed by atoms with Crippen LogP contribution < -0.4 is 10.6 Å². The second-order valence-corrected chi connectivity index (χ2v) is 5.10. The molecule has 4 nitrogen and oxygen atoms in total. The highest BCUT2D eigenvalue weighted by Crippen LogP contribution is 2.28. The van der Waals surface area contributed by atoms with Crippen molar-refractivity contribution in [2.75, 3.05) is 32.7 Å². The van der Waals surface area contributed by atoms with Crippen LogP contribution in [-0.2, 0) is 0 Å². The van der Waals surface area contributed by atoms with Crippen molar-refractivity contribution in [3.8, 4) is 0 Å². The number of guanidine groups is 1. The Balaban J connectivity index is 0.00000324. The van der Waals surface area contributed by atoms with Gasteiger partial charge >= 0.3 is 0 Å². The average molecular weight is 382 g/mol. The van der Waals surface area contributed by atoms with Crippen LogP contribution in [0.4, 0.5) is 0 Å². The number of hydrogen-bond acceptors (Lipinski definition) is 2. The molecule has 2 N–H and O–H groups in total. The molecule has 1 aliphatic carbocycles. The van der Waals surface area contributed by atoms with Gasteiger partial charge in [0.05, 0.1) is 0 Å². The highest BCUT2D eigenvalue weighted by atomic mass is 127. The van der Waals surface area contributed by atoms with Gasteiger partial charge in [0.25, 0.3) is 0 Å². The Kier molecular flexibility index (Phi) is 10.7. The number of nitrogens with zero attached hydrogens (tertiary/aromatic N) is 2. The van der Waals surface area contributed by atoms with E-state index in [0.29, 0.717) is 6.04 Å². The third-order valence-electron chi connectivity index (χ3n) is 3.57. The van der Waals surface area contributed by atoms with Crippen molar-refractivity contribution in [2.45, 2.75) is 46.6 Å². The molecule has 0 amide bonds. The first-order valence-corrected chi connectivity index (χ1v) is 7.48. The van der Waals surface area contributed by atoms with E-state index in [2.05, 4.69) is 48.2 Å². The fourth-order valence-corrected chi connectivity index (χ4v) is 2.04. The molecule has 0 aromatic carbocycles. The number of nitrogens with one attached hydrogen (secondary N) is 2. The van der Waals surface area contributed by atoms with Gasteiger partial charge in [-0.3, -0.25) is 4.99 Å². The van der Waals surface area contributed by atoms with Gasteiger partial charge in [-0.15, -0.1) is 24.0 Å². The number of hydrogen-bond donors (Lipinski definition) is 2. The Bertz CT molecular complexity index is 254. The molecule has 0 saturated heterocycles. The molecule has 0 aromatic heterocycles. The Morgan fingerprint density at radius 3 is 2.37 bits per heavy atom. The van der Waals surface area contributed by atoms with Crippen LogP contribution >= 0.6 is 24.0 Å². The second kappa shape index (κ2) is 10.7. The van der Waals surface area contributed by atoms with Crippen LogP contribution in [0.25, 0.3) is 0 Å². The van der Waals surface area contributed by atoms with E-state index in [-0.39, 0.29) is 24.0 Å². The Labute approximate surface area is 135 Å². The van der Waals surface area contributed by atoms with Crippen molar-refractivity contribution in [1.29, 1.82) is 0 Å². The Hall–Kier alpha value is -0.0400. The van der Waals surface area contributed by atoms with Crippen molar-refractivity contribution in [2.24, 2.45) is 10.9 Å². The van der Waals surface area contributed by atoms with Gasteiger partial charge in [0.1, 0.15) is 0 Å². The number of halogens is 1. The molecule has 19 heavy (non-hydrogen) atoms. The van der Waals surface area contributed by atoms with Gasteiger partial charge in [0.2, 0.25) is 0 Å². The highest BCUT2D eigenvalue weighted by molar-refractivity contribution is 14.0. The summed E-state index contributed by atoms with van der Waals surface area (Å²) in [4.78, 5) is 7.08. The third-order valence-corrected chi connectivity index (χ3v) is 3.57. The van der Waals surface area contributed by atoms with Crippen LogP contribution in [0.15, 0.2) is 4.99 Å². The average Bonchev–Trinajstić information content (AvgIpc) is 3.05. The molecule has 1 rings (SSSR count). The maximum Gasteiger partial charge on any atom is 0.191 e. The zero-order chi connectivity index (χ0) is 13.4. The lowest BCUT2D eigenvalue weighted by Gasteiger charge is -2.17. The lowest BCUT2D eigenvalue weighted by Crippen LogP contribution is -2.39. The summed E-state index contributed by atoms with van der Waals surface area (Å²) in [5.74, 6) is 1.80. The van der Waals surface area contributed by atoms with Crippen LogP contribution in [0.3, 0.4) is 0 Å². The van der Waals surface area contributed by atoms with Crippen LogP contribution in [0.5, 0.6) is 0 Å². The molecular formula is C14H31IN4. The summed E-state index contributed by atoms with van der Waals surface area (Å²) >= 11 is 0. The van der Waals surface area contributed by atoms with Gasteiger partial charge in [-0.05, 0) is 45.3 Å². The quantitative estimate of drug-likeness (QED) is 0.293. The summed E-state index contributed by atoms with van der Waals surface area (Å²) in [5.41, 5.74) is 0. The molecule has 1 fully saturated rings. The highest BCUT2D eigenvalue weighted by Gasteiger charge is 2.33. The number of rotatable bonds is 8. The molecule has 1 aliphatic rings. The van der Waals surface area contributed by atoms with Crippen LogP contribution in [0.2, 0.25) is 0 Å². The third kappa shape index (κ3) is 7.97. The topological polar surface area (TPSA) is 39.7 Å². The van der Waals surface area contributed by atoms with Gasteiger partial charge < -0.3 is 15.5 Å². The monoisotopic (exact) mass is 382 g/mol. The summed E-state index contributed by atoms with van der Waals surface area (Å²) < 4.78 is 0. The minimum Gasteiger partial charge on any atom is -0.357 e. The summed E-state index contributed by atoms with van der Waals surface area (Å²) in [6, 6.07) is 0.644. The maximum absolute atomic E-state index is 4.64. The van der Waals surface area contributed by atoms with Crippen LogP contribution in [0, 0.1) is 5.92 Å². The van der Waals surface area contributed by atoms with E-state index >= 15 is 0 Å². The molecule has 0 radical (unpaired) electrons. The summed E-state index contributed by atoms with van der Waals surface area (Å²) in [5, 5.41) is 6.80. The maximum atomic E-state index is 4.64. The first-order valence-electron chi connectivity index (χ1n) is 7.48. The van der Waals surface area contributed by atoms with Gasteiger partial charge in [-0.2, -0.15) is 0 Å². The van der Waals surface area contributed by atoms with Crippen LogP contribution in [-0.4, -0.2) is 49.6 Å². The zero-order valence-corrected chi connectivity index (χ0v) is 15.2. The van der Waals surface area contributed by atoms with E-state index in [1.807, 2.05) is 0 Å². The smallest absolute Gasteiger partial charge is 0.191 e. The predicted octanol–water partition coefficient (Wildman–Crippen LogP) is 2.30. The molecule has 2 unspecified atom stereocenters. The predicted molar refractivity (Wildman–Crippen MR) is 94.5 cm³/mol. The van der Waals surface area contributed by atoms with Crippen molar-refractivity contribution < 1.29 is 0 Å².